The highest BCUT2D eigenvalue weighted by Gasteiger charge is 2.51. The molecule has 3 N–H and O–H groups in total. The van der Waals surface area contributed by atoms with Crippen LogP contribution in [0.15, 0.2) is 42.5 Å². The molecule has 9 heteroatoms. The van der Waals surface area contributed by atoms with E-state index in [2.05, 4.69) is 10.6 Å². The van der Waals surface area contributed by atoms with Gasteiger partial charge in [0.1, 0.15) is 5.82 Å². The van der Waals surface area contributed by atoms with E-state index >= 15 is 0 Å². The molecule has 0 saturated carbocycles. The first-order chi connectivity index (χ1) is 13.7. The van der Waals surface area contributed by atoms with Crippen molar-refractivity contribution < 1.29 is 23.9 Å². The minimum absolute atomic E-state index is 0.0933. The number of anilines is 2. The quantitative estimate of drug-likeness (QED) is 0.647. The van der Waals surface area contributed by atoms with E-state index in [-0.39, 0.29) is 30.4 Å². The van der Waals surface area contributed by atoms with Crippen molar-refractivity contribution in [3.63, 3.8) is 0 Å². The molecule has 1 atom stereocenters. The summed E-state index contributed by atoms with van der Waals surface area (Å²) in [5.41, 5.74) is -0.897. The van der Waals surface area contributed by atoms with Gasteiger partial charge in [-0.3, -0.25) is 14.4 Å². The van der Waals surface area contributed by atoms with E-state index in [1.54, 1.807) is 24.3 Å². The number of hydrogen-bond acceptors (Lipinski definition) is 4. The Morgan fingerprint density at radius 3 is 2.72 bits per heavy atom. The Balaban J connectivity index is 1.71. The number of carbonyl (C=O) groups excluding carboxylic acids is 3. The monoisotopic (exact) mass is 419 g/mol. The van der Waals surface area contributed by atoms with Crippen LogP contribution in [0.3, 0.4) is 0 Å². The summed E-state index contributed by atoms with van der Waals surface area (Å²) in [6.45, 7) is 1.39. The predicted molar refractivity (Wildman–Crippen MR) is 106 cm³/mol. The molecule has 0 radical (unpaired) electrons. The van der Waals surface area contributed by atoms with Crippen molar-refractivity contribution in [2.45, 2.75) is 25.5 Å². The number of rotatable bonds is 5. The Kier molecular flexibility index (Phi) is 5.86. The fraction of sp³-hybridized carbons (Fsp3) is 0.250. The zero-order valence-corrected chi connectivity index (χ0v) is 16.3. The topological polar surface area (TPSA) is 98.7 Å². The van der Waals surface area contributed by atoms with Crippen LogP contribution in [0.2, 0.25) is 5.02 Å². The Morgan fingerprint density at radius 2 is 2.03 bits per heavy atom. The van der Waals surface area contributed by atoms with Crippen molar-refractivity contribution in [1.82, 2.24) is 5.32 Å². The van der Waals surface area contributed by atoms with Crippen LogP contribution < -0.4 is 15.5 Å². The second-order valence-corrected chi connectivity index (χ2v) is 7.20. The summed E-state index contributed by atoms with van der Waals surface area (Å²) in [5, 5.41) is 15.9. The fourth-order valence-corrected chi connectivity index (χ4v) is 3.40. The van der Waals surface area contributed by atoms with Crippen molar-refractivity contribution in [3.05, 3.63) is 58.9 Å². The van der Waals surface area contributed by atoms with Crippen LogP contribution in [0, 0.1) is 5.82 Å². The molecule has 0 aliphatic carbocycles. The third-order valence-electron chi connectivity index (χ3n) is 4.53. The zero-order chi connectivity index (χ0) is 21.2. The molecule has 1 aliphatic heterocycles. The minimum Gasteiger partial charge on any atom is -0.372 e. The van der Waals surface area contributed by atoms with Crippen LogP contribution in [0.5, 0.6) is 0 Å². The van der Waals surface area contributed by atoms with Gasteiger partial charge in [0.2, 0.25) is 11.5 Å². The second kappa shape index (κ2) is 8.18. The molecule has 2 aromatic carbocycles. The predicted octanol–water partition coefficient (Wildman–Crippen LogP) is 2.22. The number of halogens is 2. The normalized spacial score (nSPS) is 18.6. The first kappa shape index (κ1) is 20.8. The summed E-state index contributed by atoms with van der Waals surface area (Å²) in [6.07, 6.45) is -0.105. The van der Waals surface area contributed by atoms with Gasteiger partial charge in [0.05, 0.1) is 0 Å². The van der Waals surface area contributed by atoms with E-state index in [0.717, 1.165) is 6.07 Å². The highest BCUT2D eigenvalue weighted by molar-refractivity contribution is 6.30. The third kappa shape index (κ3) is 4.55. The molecule has 0 aromatic heterocycles. The maximum absolute atomic E-state index is 13.4. The lowest BCUT2D eigenvalue weighted by molar-refractivity contribution is -0.149. The van der Waals surface area contributed by atoms with Gasteiger partial charge in [0.25, 0.3) is 11.8 Å². The molecule has 3 amide bonds. The van der Waals surface area contributed by atoms with Crippen LogP contribution in [0.25, 0.3) is 0 Å². The molecule has 7 nitrogen and oxygen atoms in total. The lowest BCUT2D eigenvalue weighted by Crippen LogP contribution is -2.52. The van der Waals surface area contributed by atoms with Crippen LogP contribution in [0.4, 0.5) is 15.8 Å². The van der Waals surface area contributed by atoms with Gasteiger partial charge in [-0.2, -0.15) is 0 Å². The number of hydrogen-bond donors (Lipinski definition) is 3. The smallest absolute Gasteiger partial charge is 0.268 e. The third-order valence-corrected chi connectivity index (χ3v) is 4.74. The standard InChI is InChI=1S/C20H19ClFN3O4/c1-12(26)24-16-3-2-4-17(10-16)25-6-5-20(29,19(25)28)18(27)23-11-13-7-14(21)9-15(22)8-13/h2-4,7-10,29H,5-6,11H2,1H3,(H,23,27)(H,24,26). The molecule has 0 bridgehead atoms. The second-order valence-electron chi connectivity index (χ2n) is 6.76. The summed E-state index contributed by atoms with van der Waals surface area (Å²) in [7, 11) is 0. The summed E-state index contributed by atoms with van der Waals surface area (Å²) >= 11 is 5.79. The number of aliphatic hydroxyl groups is 1. The molecule has 29 heavy (non-hydrogen) atoms. The van der Waals surface area contributed by atoms with Gasteiger partial charge >= 0.3 is 0 Å². The van der Waals surface area contributed by atoms with Crippen LogP contribution >= 0.6 is 11.6 Å². The summed E-state index contributed by atoms with van der Waals surface area (Å²) in [5.74, 6) is -2.46. The van der Waals surface area contributed by atoms with E-state index in [1.165, 1.54) is 24.0 Å². The molecule has 1 heterocycles. The van der Waals surface area contributed by atoms with Crippen LogP contribution in [-0.2, 0) is 20.9 Å². The molecule has 1 aliphatic rings. The van der Waals surface area contributed by atoms with Crippen molar-refractivity contribution in [2.24, 2.45) is 0 Å². The Hall–Kier alpha value is -2.97. The zero-order valence-electron chi connectivity index (χ0n) is 15.5. The van der Waals surface area contributed by atoms with E-state index in [0.29, 0.717) is 16.9 Å². The van der Waals surface area contributed by atoms with Gasteiger partial charge in [-0.1, -0.05) is 17.7 Å². The number of nitrogens with zero attached hydrogens (tertiary/aromatic N) is 1. The van der Waals surface area contributed by atoms with Gasteiger partial charge in [-0.15, -0.1) is 0 Å². The van der Waals surface area contributed by atoms with Crippen LogP contribution in [0.1, 0.15) is 18.9 Å². The molecule has 152 valence electrons. The number of benzene rings is 2. The number of nitrogens with one attached hydrogen (secondary N) is 2. The van der Waals surface area contributed by atoms with Crippen molar-refractivity contribution in [1.29, 1.82) is 0 Å². The SMILES string of the molecule is CC(=O)Nc1cccc(N2CCC(O)(C(=O)NCc3cc(F)cc(Cl)c3)C2=O)c1. The maximum atomic E-state index is 13.4. The molecular weight excluding hydrogens is 401 g/mol. The van der Waals surface area contributed by atoms with Crippen LogP contribution in [-0.4, -0.2) is 35.0 Å². The maximum Gasteiger partial charge on any atom is 0.268 e. The van der Waals surface area contributed by atoms with Gasteiger partial charge < -0.3 is 20.6 Å². The average Bonchev–Trinajstić information content (AvgIpc) is 2.95. The van der Waals surface area contributed by atoms with E-state index < -0.39 is 23.2 Å². The molecule has 1 fully saturated rings. The molecule has 1 unspecified atom stereocenters. The summed E-state index contributed by atoms with van der Waals surface area (Å²) in [6, 6.07) is 10.3. The van der Waals surface area contributed by atoms with Gasteiger partial charge in [0.15, 0.2) is 0 Å². The first-order valence-electron chi connectivity index (χ1n) is 8.84. The summed E-state index contributed by atoms with van der Waals surface area (Å²) in [4.78, 5) is 37.8. The first-order valence-corrected chi connectivity index (χ1v) is 9.22. The van der Waals surface area contributed by atoms with E-state index in [1.807, 2.05) is 0 Å². The van der Waals surface area contributed by atoms with E-state index in [9.17, 15) is 23.9 Å². The highest BCUT2D eigenvalue weighted by Crippen LogP contribution is 2.30. The largest absolute Gasteiger partial charge is 0.372 e. The number of carbonyl (C=O) groups is 3. The fourth-order valence-electron chi connectivity index (χ4n) is 3.16. The Bertz CT molecular complexity index is 964. The van der Waals surface area contributed by atoms with Gasteiger partial charge in [-0.25, -0.2) is 4.39 Å². The van der Waals surface area contributed by atoms with Gasteiger partial charge in [0, 0.05) is 42.8 Å². The molecule has 0 spiro atoms. The Labute approximate surface area is 171 Å². The molecular formula is C20H19ClFN3O4. The Morgan fingerprint density at radius 1 is 1.28 bits per heavy atom. The average molecular weight is 420 g/mol. The van der Waals surface area contributed by atoms with E-state index in [4.69, 9.17) is 11.6 Å². The lowest BCUT2D eigenvalue weighted by Gasteiger charge is -2.22. The molecule has 3 rings (SSSR count). The highest BCUT2D eigenvalue weighted by atomic mass is 35.5. The number of amides is 3. The molecule has 1 saturated heterocycles. The van der Waals surface area contributed by atoms with Crippen molar-refractivity contribution in [3.8, 4) is 0 Å². The minimum atomic E-state index is -2.23. The van der Waals surface area contributed by atoms with Crippen molar-refractivity contribution in [2.75, 3.05) is 16.8 Å². The van der Waals surface area contributed by atoms with Crippen molar-refractivity contribution >= 4 is 40.7 Å². The lowest BCUT2D eigenvalue weighted by atomic mass is 10.0. The molecule has 2 aromatic rings. The summed E-state index contributed by atoms with van der Waals surface area (Å²) < 4.78 is 13.4. The van der Waals surface area contributed by atoms with Gasteiger partial charge in [-0.05, 0) is 42.0 Å².